The quantitative estimate of drug-likeness (QED) is 0.461. The second kappa shape index (κ2) is 7.73. The van der Waals surface area contributed by atoms with Crippen LogP contribution < -0.4 is 0 Å². The molecule has 27 heavy (non-hydrogen) atoms. The van der Waals surface area contributed by atoms with E-state index in [-0.39, 0.29) is 23.0 Å². The summed E-state index contributed by atoms with van der Waals surface area (Å²) in [5.74, 6) is 1.84. The SMILES string of the molecule is CC(C)=C/C=C\[C@H](C)C1CC[C@]2(C)C[C@@H]3C(C)=CC(=O)[C@@H]3/C(C=O)=C\CC12. The molecule has 3 rings (SSSR count). The van der Waals surface area contributed by atoms with Crippen LogP contribution in [0.4, 0.5) is 0 Å². The van der Waals surface area contributed by atoms with Crippen LogP contribution in [0.2, 0.25) is 0 Å². The van der Waals surface area contributed by atoms with Gasteiger partial charge in [-0.05, 0) is 87.2 Å². The van der Waals surface area contributed by atoms with E-state index < -0.39 is 0 Å². The van der Waals surface area contributed by atoms with Crippen LogP contribution in [0.15, 0.2) is 47.1 Å². The van der Waals surface area contributed by atoms with Gasteiger partial charge in [-0.1, -0.05) is 49.3 Å². The highest BCUT2D eigenvalue weighted by Crippen LogP contribution is 2.58. The van der Waals surface area contributed by atoms with Crippen molar-refractivity contribution < 1.29 is 9.59 Å². The van der Waals surface area contributed by atoms with Crippen molar-refractivity contribution in [1.29, 1.82) is 0 Å². The first-order valence-corrected chi connectivity index (χ1v) is 10.5. The predicted molar refractivity (Wildman–Crippen MR) is 111 cm³/mol. The van der Waals surface area contributed by atoms with E-state index in [9.17, 15) is 9.59 Å². The third-order valence-electron chi connectivity index (χ3n) is 7.43. The molecule has 2 heteroatoms. The number of carbonyl (C=O) groups excluding carboxylic acids is 2. The fourth-order valence-electron chi connectivity index (χ4n) is 5.88. The Hall–Kier alpha value is -1.70. The highest BCUT2D eigenvalue weighted by atomic mass is 16.1. The maximum atomic E-state index is 12.5. The maximum Gasteiger partial charge on any atom is 0.163 e. The van der Waals surface area contributed by atoms with Crippen molar-refractivity contribution >= 4 is 12.1 Å². The number of hydrogen-bond acceptors (Lipinski definition) is 2. The molecule has 3 aliphatic carbocycles. The fraction of sp³-hybridized carbons (Fsp3) is 0.600. The lowest BCUT2D eigenvalue weighted by molar-refractivity contribution is -0.119. The molecule has 0 N–H and O–H groups in total. The molecule has 0 aliphatic heterocycles. The van der Waals surface area contributed by atoms with Crippen molar-refractivity contribution in [2.75, 3.05) is 0 Å². The minimum atomic E-state index is -0.227. The molecule has 0 amide bonds. The number of hydrogen-bond donors (Lipinski definition) is 0. The minimum absolute atomic E-state index is 0.130. The van der Waals surface area contributed by atoms with Gasteiger partial charge >= 0.3 is 0 Å². The van der Waals surface area contributed by atoms with Crippen LogP contribution in [0.25, 0.3) is 0 Å². The Balaban J connectivity index is 1.90. The van der Waals surface area contributed by atoms with Gasteiger partial charge in [-0.15, -0.1) is 0 Å². The number of aldehydes is 1. The summed E-state index contributed by atoms with van der Waals surface area (Å²) in [6.45, 7) is 11.1. The predicted octanol–water partition coefficient (Wildman–Crippen LogP) is 5.86. The third-order valence-corrected chi connectivity index (χ3v) is 7.43. The van der Waals surface area contributed by atoms with Crippen molar-refractivity contribution in [3.05, 3.63) is 47.1 Å². The van der Waals surface area contributed by atoms with E-state index in [2.05, 4.69) is 58.9 Å². The zero-order chi connectivity index (χ0) is 19.8. The van der Waals surface area contributed by atoms with E-state index >= 15 is 0 Å². The van der Waals surface area contributed by atoms with Crippen molar-refractivity contribution in [2.45, 2.75) is 60.3 Å². The summed E-state index contributed by atoms with van der Waals surface area (Å²) < 4.78 is 0. The first kappa shape index (κ1) is 20.0. The molecule has 3 aliphatic rings. The molecule has 0 spiro atoms. The Kier molecular flexibility index (Phi) is 5.74. The Bertz CT molecular complexity index is 731. The molecular formula is C25H34O2. The molecule has 0 aromatic rings. The Morgan fingerprint density at radius 1 is 1.33 bits per heavy atom. The van der Waals surface area contributed by atoms with Gasteiger partial charge in [-0.2, -0.15) is 0 Å². The topological polar surface area (TPSA) is 34.1 Å². The molecule has 1 saturated carbocycles. The van der Waals surface area contributed by atoms with Crippen LogP contribution >= 0.6 is 0 Å². The Morgan fingerprint density at radius 3 is 2.74 bits per heavy atom. The lowest BCUT2D eigenvalue weighted by Gasteiger charge is -2.40. The van der Waals surface area contributed by atoms with Crippen molar-refractivity contribution in [3.63, 3.8) is 0 Å². The van der Waals surface area contributed by atoms with E-state index in [1.165, 1.54) is 24.0 Å². The van der Waals surface area contributed by atoms with Gasteiger partial charge < -0.3 is 0 Å². The van der Waals surface area contributed by atoms with Gasteiger partial charge in [0.2, 0.25) is 0 Å². The third kappa shape index (κ3) is 3.81. The number of rotatable bonds is 4. The average molecular weight is 367 g/mol. The molecule has 1 fully saturated rings. The van der Waals surface area contributed by atoms with Crippen LogP contribution in [0, 0.1) is 35.0 Å². The summed E-state index contributed by atoms with van der Waals surface area (Å²) in [5, 5.41) is 0. The molecule has 2 nitrogen and oxygen atoms in total. The van der Waals surface area contributed by atoms with Crippen LogP contribution in [0.3, 0.4) is 0 Å². The molecule has 0 radical (unpaired) electrons. The van der Waals surface area contributed by atoms with Crippen LogP contribution in [0.5, 0.6) is 0 Å². The molecule has 0 saturated heterocycles. The lowest BCUT2D eigenvalue weighted by Crippen LogP contribution is -2.34. The summed E-state index contributed by atoms with van der Waals surface area (Å²) >= 11 is 0. The Morgan fingerprint density at radius 2 is 2.07 bits per heavy atom. The summed E-state index contributed by atoms with van der Waals surface area (Å²) in [7, 11) is 0. The molecule has 0 heterocycles. The van der Waals surface area contributed by atoms with E-state index in [4.69, 9.17) is 0 Å². The second-order valence-corrected chi connectivity index (χ2v) is 9.59. The van der Waals surface area contributed by atoms with Gasteiger partial charge in [0.05, 0.1) is 5.92 Å². The van der Waals surface area contributed by atoms with Crippen molar-refractivity contribution in [2.24, 2.45) is 35.0 Å². The molecule has 6 atom stereocenters. The van der Waals surface area contributed by atoms with Gasteiger partial charge in [0.15, 0.2) is 5.78 Å². The molecular weight excluding hydrogens is 332 g/mol. The smallest absolute Gasteiger partial charge is 0.163 e. The normalized spacial score (nSPS) is 38.9. The van der Waals surface area contributed by atoms with Crippen LogP contribution in [-0.2, 0) is 9.59 Å². The lowest BCUT2D eigenvalue weighted by atomic mass is 9.63. The molecule has 0 bridgehead atoms. The van der Waals surface area contributed by atoms with Crippen LogP contribution in [-0.4, -0.2) is 12.1 Å². The summed E-state index contributed by atoms with van der Waals surface area (Å²) in [5.41, 5.74) is 3.45. The largest absolute Gasteiger partial charge is 0.298 e. The number of fused-ring (bicyclic) bond motifs is 2. The van der Waals surface area contributed by atoms with Gasteiger partial charge in [0.1, 0.15) is 6.29 Å². The zero-order valence-corrected chi connectivity index (χ0v) is 17.5. The van der Waals surface area contributed by atoms with Gasteiger partial charge in [0.25, 0.3) is 0 Å². The van der Waals surface area contributed by atoms with E-state index in [0.29, 0.717) is 17.8 Å². The van der Waals surface area contributed by atoms with Gasteiger partial charge in [-0.3, -0.25) is 9.59 Å². The minimum Gasteiger partial charge on any atom is -0.298 e. The fourth-order valence-corrected chi connectivity index (χ4v) is 5.88. The second-order valence-electron chi connectivity index (χ2n) is 9.59. The highest BCUT2D eigenvalue weighted by Gasteiger charge is 2.50. The highest BCUT2D eigenvalue weighted by molar-refractivity contribution is 6.01. The molecule has 2 unspecified atom stereocenters. The number of ketones is 1. The van der Waals surface area contributed by atoms with Crippen LogP contribution in [0.1, 0.15) is 60.3 Å². The number of carbonyl (C=O) groups is 2. The maximum absolute atomic E-state index is 12.5. The summed E-state index contributed by atoms with van der Waals surface area (Å²) in [6.07, 6.45) is 16.0. The van der Waals surface area contributed by atoms with E-state index in [1.807, 2.05) is 0 Å². The monoisotopic (exact) mass is 366 g/mol. The first-order chi connectivity index (χ1) is 12.8. The number of allylic oxidation sites excluding steroid dienone is 8. The van der Waals surface area contributed by atoms with Crippen molar-refractivity contribution in [3.8, 4) is 0 Å². The molecule has 146 valence electrons. The van der Waals surface area contributed by atoms with E-state index in [1.54, 1.807) is 6.08 Å². The summed E-state index contributed by atoms with van der Waals surface area (Å²) in [4.78, 5) is 24.3. The average Bonchev–Trinajstić information content (AvgIpc) is 3.04. The zero-order valence-electron chi connectivity index (χ0n) is 17.5. The standard InChI is InChI=1S/C25H34O2/c1-16(2)7-6-8-17(3)20-11-12-25(5)14-21-18(4)13-23(27)24(21)19(15-26)9-10-22(20)25/h6-9,13,15,17,20-22,24H,10-12,14H2,1-5H3/b8-6-,19-9-/t17-,20?,21+,22?,24+,25+/m0/s1. The van der Waals surface area contributed by atoms with E-state index in [0.717, 1.165) is 24.7 Å². The Labute approximate surface area is 164 Å². The summed E-state index contributed by atoms with van der Waals surface area (Å²) in [6, 6.07) is 0. The van der Waals surface area contributed by atoms with Crippen molar-refractivity contribution in [1.82, 2.24) is 0 Å². The molecule has 0 aromatic carbocycles. The molecule has 0 aromatic heterocycles. The van der Waals surface area contributed by atoms with Gasteiger partial charge in [0, 0.05) is 0 Å². The first-order valence-electron chi connectivity index (χ1n) is 10.5. The van der Waals surface area contributed by atoms with Gasteiger partial charge in [-0.25, -0.2) is 0 Å².